The fourth-order valence-electron chi connectivity index (χ4n) is 4.19. The van der Waals surface area contributed by atoms with Gasteiger partial charge in [-0.2, -0.15) is 0 Å². The second kappa shape index (κ2) is 7.74. The normalized spacial score (nSPS) is 13.8. The van der Waals surface area contributed by atoms with Crippen LogP contribution in [0.25, 0.3) is 11.0 Å². The average Bonchev–Trinajstić information content (AvgIpc) is 3.31. The highest BCUT2D eigenvalue weighted by Crippen LogP contribution is 2.40. The fraction of sp³-hybridized carbons (Fsp3) is 0.250. The number of amides is 1. The number of aromatic nitrogens is 6. The highest BCUT2D eigenvalue weighted by molar-refractivity contribution is 6.30. The predicted octanol–water partition coefficient (Wildman–Crippen LogP) is 3.77. The zero-order valence-corrected chi connectivity index (χ0v) is 18.8. The van der Waals surface area contributed by atoms with Crippen molar-refractivity contribution >= 4 is 28.5 Å². The molecule has 0 aromatic carbocycles. The van der Waals surface area contributed by atoms with Crippen molar-refractivity contribution in [2.45, 2.75) is 31.7 Å². The van der Waals surface area contributed by atoms with Crippen molar-refractivity contribution in [1.82, 2.24) is 33.9 Å². The van der Waals surface area contributed by atoms with E-state index in [0.29, 0.717) is 11.4 Å². The summed E-state index contributed by atoms with van der Waals surface area (Å²) >= 11 is 6.09. The lowest BCUT2D eigenvalue weighted by Gasteiger charge is -2.01. The smallest absolute Gasteiger partial charge is 0.291 e. The van der Waals surface area contributed by atoms with Gasteiger partial charge in [0.15, 0.2) is 0 Å². The van der Waals surface area contributed by atoms with Crippen LogP contribution < -0.4 is 5.32 Å². The van der Waals surface area contributed by atoms with E-state index < -0.39 is 0 Å². The van der Waals surface area contributed by atoms with E-state index in [1.165, 1.54) is 18.4 Å². The van der Waals surface area contributed by atoms with E-state index in [-0.39, 0.29) is 18.3 Å². The lowest BCUT2D eigenvalue weighted by atomic mass is 10.2. The number of carbonyl (C=O) groups excluding carboxylic acids is 1. The molecule has 9 heteroatoms. The van der Waals surface area contributed by atoms with E-state index in [1.54, 1.807) is 17.1 Å². The van der Waals surface area contributed by atoms with Crippen LogP contribution in [0.15, 0.2) is 55.2 Å². The van der Waals surface area contributed by atoms with E-state index in [9.17, 15) is 4.79 Å². The first-order valence-electron chi connectivity index (χ1n) is 10.9. The molecule has 166 valence electrons. The Kier molecular flexibility index (Phi) is 4.69. The molecule has 6 rings (SSSR count). The Morgan fingerprint density at radius 1 is 1.18 bits per heavy atom. The molecular formula is C24H22ClN7O. The number of nitrogens with one attached hydrogen (secondary N) is 1. The molecular weight excluding hydrogens is 438 g/mol. The Morgan fingerprint density at radius 3 is 2.91 bits per heavy atom. The second-order valence-electron chi connectivity index (χ2n) is 8.58. The molecule has 0 spiro atoms. The van der Waals surface area contributed by atoms with Crippen molar-refractivity contribution in [2.24, 2.45) is 7.05 Å². The maximum Gasteiger partial charge on any atom is 0.291 e. The Labute approximate surface area is 194 Å². The molecule has 5 aromatic rings. The number of halogens is 1. The van der Waals surface area contributed by atoms with Gasteiger partial charge < -0.3 is 14.1 Å². The molecule has 1 fully saturated rings. The molecule has 1 aliphatic rings. The number of rotatable bonds is 6. The first kappa shape index (κ1) is 20.0. The molecule has 33 heavy (non-hydrogen) atoms. The maximum absolute atomic E-state index is 12.7. The third kappa shape index (κ3) is 3.87. The second-order valence-corrected chi connectivity index (χ2v) is 9.02. The number of carbonyl (C=O) groups is 1. The highest BCUT2D eigenvalue weighted by Gasteiger charge is 2.23. The van der Waals surface area contributed by atoms with Crippen molar-refractivity contribution in [2.75, 3.05) is 0 Å². The van der Waals surface area contributed by atoms with Crippen LogP contribution in [0.1, 0.15) is 52.0 Å². The number of aryl methyl sites for hydroxylation is 1. The Hall–Kier alpha value is -3.65. The Balaban J connectivity index is 1.16. The fourth-order valence-corrected chi connectivity index (χ4v) is 4.35. The van der Waals surface area contributed by atoms with Crippen LogP contribution >= 0.6 is 11.6 Å². The van der Waals surface area contributed by atoms with Crippen molar-refractivity contribution < 1.29 is 4.79 Å². The van der Waals surface area contributed by atoms with E-state index >= 15 is 0 Å². The molecule has 0 aliphatic heterocycles. The van der Waals surface area contributed by atoms with E-state index in [2.05, 4.69) is 55.4 Å². The topological polar surface area (TPSA) is 81.5 Å². The highest BCUT2D eigenvalue weighted by atomic mass is 35.5. The molecule has 1 aliphatic carbocycles. The van der Waals surface area contributed by atoms with Crippen LogP contribution in [-0.2, 0) is 20.0 Å². The van der Waals surface area contributed by atoms with E-state index in [4.69, 9.17) is 11.6 Å². The quantitative estimate of drug-likeness (QED) is 0.419. The minimum absolute atomic E-state index is 0.147. The molecule has 1 N–H and O–H groups in total. The van der Waals surface area contributed by atoms with Gasteiger partial charge in [0.1, 0.15) is 5.82 Å². The number of fused-ring (bicyclic) bond motifs is 2. The molecule has 0 atom stereocenters. The largest absolute Gasteiger partial charge is 0.344 e. The van der Waals surface area contributed by atoms with Crippen molar-refractivity contribution in [3.05, 3.63) is 88.7 Å². The summed E-state index contributed by atoms with van der Waals surface area (Å²) in [5.74, 6) is 1.26. The summed E-state index contributed by atoms with van der Waals surface area (Å²) in [6, 6.07) is 10.2. The zero-order valence-electron chi connectivity index (χ0n) is 18.1. The summed E-state index contributed by atoms with van der Waals surface area (Å²) in [4.78, 5) is 21.5. The summed E-state index contributed by atoms with van der Waals surface area (Å²) in [6.07, 6.45) is 11.0. The van der Waals surface area contributed by atoms with Gasteiger partial charge in [-0.25, -0.2) is 9.97 Å². The van der Waals surface area contributed by atoms with Gasteiger partial charge in [-0.1, -0.05) is 17.7 Å². The lowest BCUT2D eigenvalue weighted by molar-refractivity contribution is 0.0940. The SMILES string of the molecule is Cn1nc(C(=O)NCc2ncn3ccc(Cl)cc23)nc1Cc1cc2ccc(C3CC3)cn2c1. The van der Waals surface area contributed by atoms with Gasteiger partial charge in [-0.3, -0.25) is 9.48 Å². The molecule has 0 saturated heterocycles. The summed E-state index contributed by atoms with van der Waals surface area (Å²) in [5.41, 5.74) is 5.26. The van der Waals surface area contributed by atoms with Gasteiger partial charge >= 0.3 is 0 Å². The maximum atomic E-state index is 12.7. The summed E-state index contributed by atoms with van der Waals surface area (Å²) in [6.45, 7) is 0.261. The lowest BCUT2D eigenvalue weighted by Crippen LogP contribution is -2.24. The number of hydrogen-bond acceptors (Lipinski definition) is 4. The van der Waals surface area contributed by atoms with Crippen molar-refractivity contribution in [3.63, 3.8) is 0 Å². The van der Waals surface area contributed by atoms with Gasteiger partial charge in [0, 0.05) is 42.6 Å². The summed E-state index contributed by atoms with van der Waals surface area (Å²) < 4.78 is 5.70. The number of hydrogen-bond donors (Lipinski definition) is 1. The van der Waals surface area contributed by atoms with Crippen molar-refractivity contribution in [1.29, 1.82) is 0 Å². The van der Waals surface area contributed by atoms with Gasteiger partial charge in [0.05, 0.1) is 24.1 Å². The van der Waals surface area contributed by atoms with Crippen LogP contribution in [-0.4, -0.2) is 34.5 Å². The third-order valence-electron chi connectivity index (χ3n) is 6.14. The molecule has 1 amide bonds. The zero-order chi connectivity index (χ0) is 22.5. The van der Waals surface area contributed by atoms with Gasteiger partial charge in [-0.15, -0.1) is 5.10 Å². The van der Waals surface area contributed by atoms with Crippen LogP contribution in [0.5, 0.6) is 0 Å². The van der Waals surface area contributed by atoms with E-state index in [0.717, 1.165) is 34.0 Å². The van der Waals surface area contributed by atoms with Gasteiger partial charge in [0.2, 0.25) is 5.82 Å². The third-order valence-corrected chi connectivity index (χ3v) is 6.37. The summed E-state index contributed by atoms with van der Waals surface area (Å²) in [5, 5.41) is 7.80. The average molecular weight is 460 g/mol. The Bertz CT molecular complexity index is 1510. The van der Waals surface area contributed by atoms with Crippen molar-refractivity contribution in [3.8, 4) is 0 Å². The molecule has 5 aromatic heterocycles. The first-order chi connectivity index (χ1) is 16.0. The first-order valence-corrected chi connectivity index (χ1v) is 11.3. The number of pyridine rings is 2. The molecule has 0 unspecified atom stereocenters. The molecule has 1 saturated carbocycles. The van der Waals surface area contributed by atoms with Gasteiger partial charge in [-0.05, 0) is 54.2 Å². The molecule has 8 nitrogen and oxygen atoms in total. The minimum Gasteiger partial charge on any atom is -0.344 e. The van der Waals surface area contributed by atoms with Crippen LogP contribution in [0.3, 0.4) is 0 Å². The van der Waals surface area contributed by atoms with E-state index in [1.807, 2.05) is 23.7 Å². The molecule has 5 heterocycles. The number of imidazole rings is 1. The minimum atomic E-state index is -0.337. The predicted molar refractivity (Wildman–Crippen MR) is 125 cm³/mol. The monoisotopic (exact) mass is 459 g/mol. The van der Waals surface area contributed by atoms with Crippen LogP contribution in [0, 0.1) is 0 Å². The summed E-state index contributed by atoms with van der Waals surface area (Å²) in [7, 11) is 1.81. The standard InChI is InChI=1S/C24H22ClN7O/c1-30-22(9-15-8-19-5-4-17(16-2-3-16)13-32(19)12-15)28-23(29-30)24(33)26-11-20-21-10-18(25)6-7-31(21)14-27-20/h4-8,10,12-14,16H,2-3,9,11H2,1H3,(H,26,33). The molecule has 0 bridgehead atoms. The number of nitrogens with zero attached hydrogens (tertiary/aromatic N) is 6. The van der Waals surface area contributed by atoms with Gasteiger partial charge in [0.25, 0.3) is 5.91 Å². The Morgan fingerprint density at radius 2 is 2.06 bits per heavy atom. The van der Waals surface area contributed by atoms with Crippen LogP contribution in [0.4, 0.5) is 0 Å². The molecule has 0 radical (unpaired) electrons. The van der Waals surface area contributed by atoms with Crippen LogP contribution in [0.2, 0.25) is 5.02 Å².